The number of amides is 1. The summed E-state index contributed by atoms with van der Waals surface area (Å²) in [5.41, 5.74) is 1.24. The topological polar surface area (TPSA) is 129 Å². The maximum atomic E-state index is 13.4. The van der Waals surface area contributed by atoms with E-state index in [0.717, 1.165) is 0 Å². The third-order valence-corrected chi connectivity index (χ3v) is 5.98. The first-order chi connectivity index (χ1) is 17.8. The van der Waals surface area contributed by atoms with Crippen molar-refractivity contribution in [1.82, 2.24) is 0 Å². The Morgan fingerprint density at radius 1 is 0.973 bits per heavy atom. The van der Waals surface area contributed by atoms with Gasteiger partial charge in [0.15, 0.2) is 23.0 Å². The minimum Gasteiger partial charge on any atom is -0.507 e. The van der Waals surface area contributed by atoms with Gasteiger partial charge in [-0.1, -0.05) is 6.07 Å². The predicted molar refractivity (Wildman–Crippen MR) is 135 cm³/mol. The standard InChI is InChI=1S/C28H24N2O7/c1-4-37-22-13-17(7-11-20(22)31)25-24(26(32)18-8-12-21(35-2)23(14-18)36-3)27(33)28(34)30(25)19-9-5-16(15-29)6-10-19/h5-14,25,31-32H,4H2,1-3H3/b26-24-. The molecule has 1 atom stereocenters. The van der Waals surface area contributed by atoms with Gasteiger partial charge < -0.3 is 24.4 Å². The second kappa shape index (κ2) is 10.3. The number of nitrogens with zero attached hydrogens (tertiary/aromatic N) is 2. The van der Waals surface area contributed by atoms with E-state index in [1.165, 1.54) is 49.5 Å². The average Bonchev–Trinajstić information content (AvgIpc) is 3.19. The van der Waals surface area contributed by atoms with Crippen LogP contribution in [0, 0.1) is 11.3 Å². The Bertz CT molecular complexity index is 1440. The van der Waals surface area contributed by atoms with Crippen molar-refractivity contribution in [2.75, 3.05) is 25.7 Å². The van der Waals surface area contributed by atoms with Crippen LogP contribution in [0.2, 0.25) is 0 Å². The SMILES string of the molecule is CCOc1cc(C2/C(=C(/O)c3ccc(OC)c(OC)c3)C(=O)C(=O)N2c2ccc(C#N)cc2)ccc1O. The lowest BCUT2D eigenvalue weighted by molar-refractivity contribution is -0.132. The minimum absolute atomic E-state index is 0.110. The number of hydrogen-bond donors (Lipinski definition) is 2. The number of Topliss-reactive ketones (excluding diaryl/α,β-unsaturated/α-hetero) is 1. The van der Waals surface area contributed by atoms with Crippen molar-refractivity contribution < 1.29 is 34.0 Å². The second-order valence-electron chi connectivity index (χ2n) is 8.06. The lowest BCUT2D eigenvalue weighted by atomic mass is 9.94. The Kier molecular flexibility index (Phi) is 7.02. The van der Waals surface area contributed by atoms with Crippen LogP contribution in [0.1, 0.15) is 29.7 Å². The number of ketones is 1. The molecule has 4 rings (SSSR count). The fourth-order valence-corrected chi connectivity index (χ4v) is 4.22. The lowest BCUT2D eigenvalue weighted by Gasteiger charge is -2.26. The molecule has 0 saturated carbocycles. The maximum absolute atomic E-state index is 13.4. The van der Waals surface area contributed by atoms with E-state index in [1.807, 2.05) is 6.07 Å². The number of benzene rings is 3. The first-order valence-electron chi connectivity index (χ1n) is 11.3. The van der Waals surface area contributed by atoms with Gasteiger partial charge in [0.1, 0.15) is 5.76 Å². The van der Waals surface area contributed by atoms with Crippen molar-refractivity contribution in [2.45, 2.75) is 13.0 Å². The zero-order valence-corrected chi connectivity index (χ0v) is 20.4. The van der Waals surface area contributed by atoms with Crippen LogP contribution in [0.5, 0.6) is 23.0 Å². The third kappa shape index (κ3) is 4.52. The smallest absolute Gasteiger partial charge is 0.300 e. The molecule has 1 unspecified atom stereocenters. The van der Waals surface area contributed by atoms with Gasteiger partial charge in [0, 0.05) is 11.3 Å². The lowest BCUT2D eigenvalue weighted by Crippen LogP contribution is -2.29. The molecular weight excluding hydrogens is 476 g/mol. The molecule has 1 amide bonds. The Morgan fingerprint density at radius 3 is 2.30 bits per heavy atom. The van der Waals surface area contributed by atoms with E-state index in [9.17, 15) is 19.8 Å². The van der Waals surface area contributed by atoms with Gasteiger partial charge in [-0.15, -0.1) is 0 Å². The number of carbonyl (C=O) groups is 2. The number of methoxy groups -OCH3 is 2. The van der Waals surface area contributed by atoms with Crippen molar-refractivity contribution in [3.8, 4) is 29.1 Å². The number of hydrogen-bond acceptors (Lipinski definition) is 8. The van der Waals surface area contributed by atoms with Crippen molar-refractivity contribution in [1.29, 1.82) is 5.26 Å². The molecule has 0 spiro atoms. The molecule has 3 aromatic carbocycles. The zero-order valence-electron chi connectivity index (χ0n) is 20.4. The number of aliphatic hydroxyl groups excluding tert-OH is 1. The highest BCUT2D eigenvalue weighted by Gasteiger charge is 2.47. The van der Waals surface area contributed by atoms with E-state index < -0.39 is 23.5 Å². The van der Waals surface area contributed by atoms with Gasteiger partial charge in [-0.25, -0.2) is 0 Å². The van der Waals surface area contributed by atoms with Gasteiger partial charge in [0.05, 0.1) is 44.1 Å². The fraction of sp³-hybridized carbons (Fsp3) is 0.179. The highest BCUT2D eigenvalue weighted by Crippen LogP contribution is 2.44. The summed E-state index contributed by atoms with van der Waals surface area (Å²) < 4.78 is 16.1. The summed E-state index contributed by atoms with van der Waals surface area (Å²) in [4.78, 5) is 27.9. The van der Waals surface area contributed by atoms with Crippen LogP contribution in [0.3, 0.4) is 0 Å². The van der Waals surface area contributed by atoms with Gasteiger partial charge in [-0.3, -0.25) is 14.5 Å². The summed E-state index contributed by atoms with van der Waals surface area (Å²) in [6, 6.07) is 16.2. The van der Waals surface area contributed by atoms with Gasteiger partial charge in [-0.2, -0.15) is 5.26 Å². The van der Waals surface area contributed by atoms with Crippen LogP contribution in [0.15, 0.2) is 66.2 Å². The number of ether oxygens (including phenoxy) is 3. The molecule has 1 saturated heterocycles. The molecule has 0 bridgehead atoms. The van der Waals surface area contributed by atoms with Crippen LogP contribution < -0.4 is 19.1 Å². The molecule has 1 aliphatic rings. The number of rotatable bonds is 7. The zero-order chi connectivity index (χ0) is 26.7. The number of aliphatic hydroxyl groups is 1. The molecule has 0 aromatic heterocycles. The minimum atomic E-state index is -1.05. The maximum Gasteiger partial charge on any atom is 0.300 e. The Balaban J connectivity index is 1.95. The van der Waals surface area contributed by atoms with Crippen LogP contribution in [-0.4, -0.2) is 42.7 Å². The van der Waals surface area contributed by atoms with Crippen molar-refractivity contribution in [3.05, 3.63) is 82.9 Å². The van der Waals surface area contributed by atoms with Gasteiger partial charge in [-0.05, 0) is 67.1 Å². The first kappa shape index (κ1) is 25.1. The summed E-state index contributed by atoms with van der Waals surface area (Å²) >= 11 is 0. The van der Waals surface area contributed by atoms with Gasteiger partial charge in [0.2, 0.25) is 0 Å². The fourth-order valence-electron chi connectivity index (χ4n) is 4.22. The monoisotopic (exact) mass is 500 g/mol. The summed E-state index contributed by atoms with van der Waals surface area (Å²) in [6.07, 6.45) is 0. The van der Waals surface area contributed by atoms with Crippen LogP contribution in [0.25, 0.3) is 5.76 Å². The van der Waals surface area contributed by atoms with Crippen molar-refractivity contribution in [3.63, 3.8) is 0 Å². The van der Waals surface area contributed by atoms with Crippen molar-refractivity contribution in [2.24, 2.45) is 0 Å². The molecule has 0 radical (unpaired) electrons. The Morgan fingerprint density at radius 2 is 1.68 bits per heavy atom. The first-order valence-corrected chi connectivity index (χ1v) is 11.3. The van der Waals surface area contributed by atoms with Gasteiger partial charge in [0.25, 0.3) is 11.7 Å². The highest BCUT2D eigenvalue weighted by molar-refractivity contribution is 6.51. The molecule has 1 heterocycles. The molecule has 2 N–H and O–H groups in total. The molecule has 1 aliphatic heterocycles. The summed E-state index contributed by atoms with van der Waals surface area (Å²) in [5.74, 6) is -1.36. The number of aromatic hydroxyl groups is 1. The van der Waals surface area contributed by atoms with E-state index in [2.05, 4.69) is 0 Å². The van der Waals surface area contributed by atoms with E-state index in [4.69, 9.17) is 19.5 Å². The normalized spacial score (nSPS) is 16.4. The van der Waals surface area contributed by atoms with Crippen LogP contribution in [-0.2, 0) is 9.59 Å². The quantitative estimate of drug-likeness (QED) is 0.279. The number of phenolic OH excluding ortho intramolecular Hbond substituents is 1. The molecule has 37 heavy (non-hydrogen) atoms. The second-order valence-corrected chi connectivity index (χ2v) is 8.06. The summed E-state index contributed by atoms with van der Waals surface area (Å²) in [7, 11) is 2.92. The average molecular weight is 501 g/mol. The molecule has 3 aromatic rings. The number of nitriles is 1. The van der Waals surface area contributed by atoms with Gasteiger partial charge >= 0.3 is 0 Å². The molecule has 1 fully saturated rings. The Labute approximate surface area is 213 Å². The van der Waals surface area contributed by atoms with Crippen molar-refractivity contribution >= 4 is 23.1 Å². The Hall–Kier alpha value is -4.97. The van der Waals surface area contributed by atoms with Crippen LogP contribution >= 0.6 is 0 Å². The van der Waals surface area contributed by atoms with E-state index >= 15 is 0 Å². The largest absolute Gasteiger partial charge is 0.507 e. The van der Waals surface area contributed by atoms with E-state index in [-0.39, 0.29) is 29.2 Å². The number of phenols is 1. The molecule has 9 heteroatoms. The molecule has 0 aliphatic carbocycles. The predicted octanol–water partition coefficient (Wildman–Crippen LogP) is 4.31. The highest BCUT2D eigenvalue weighted by atomic mass is 16.5. The summed E-state index contributed by atoms with van der Waals surface area (Å²) in [5, 5.41) is 30.7. The third-order valence-electron chi connectivity index (χ3n) is 5.98. The number of carbonyl (C=O) groups excluding carboxylic acids is 2. The molecule has 9 nitrogen and oxygen atoms in total. The molecular formula is C28H24N2O7. The summed E-state index contributed by atoms with van der Waals surface area (Å²) in [6.45, 7) is 2.03. The van der Waals surface area contributed by atoms with E-state index in [0.29, 0.717) is 28.3 Å². The number of anilines is 1. The van der Waals surface area contributed by atoms with E-state index in [1.54, 1.807) is 37.3 Å². The molecule has 188 valence electrons. The van der Waals surface area contributed by atoms with Crippen LogP contribution in [0.4, 0.5) is 5.69 Å².